The second-order valence-corrected chi connectivity index (χ2v) is 5.46. The number of carbonyl (C=O) groups is 1. The number of anilines is 1. The maximum atomic E-state index is 13.6. The zero-order valence-electron chi connectivity index (χ0n) is 10.7. The number of halogens is 1. The Morgan fingerprint density at radius 2 is 2.11 bits per heavy atom. The van der Waals surface area contributed by atoms with Gasteiger partial charge in [-0.15, -0.1) is 0 Å². The Balaban J connectivity index is 1.73. The fourth-order valence-corrected chi connectivity index (χ4v) is 3.09. The third kappa shape index (κ3) is 2.42. The highest BCUT2D eigenvalue weighted by molar-refractivity contribution is 5.95. The van der Waals surface area contributed by atoms with Gasteiger partial charge >= 0.3 is 0 Å². The maximum absolute atomic E-state index is 13.6. The molecule has 0 spiro atoms. The Labute approximate surface area is 111 Å². The highest BCUT2D eigenvalue weighted by atomic mass is 19.1. The first-order chi connectivity index (χ1) is 9.13. The van der Waals surface area contributed by atoms with E-state index in [2.05, 4.69) is 10.2 Å². The van der Waals surface area contributed by atoms with Crippen molar-refractivity contribution >= 4 is 11.6 Å². The molecule has 0 radical (unpaired) electrons. The van der Waals surface area contributed by atoms with Crippen molar-refractivity contribution in [1.29, 1.82) is 0 Å². The number of nitrogen functional groups attached to an aromatic ring is 1. The van der Waals surface area contributed by atoms with Crippen LogP contribution in [-0.2, 0) is 0 Å². The minimum atomic E-state index is -0.520. The van der Waals surface area contributed by atoms with E-state index in [1.807, 2.05) is 0 Å². The van der Waals surface area contributed by atoms with E-state index in [0.717, 1.165) is 32.5 Å². The van der Waals surface area contributed by atoms with Crippen molar-refractivity contribution in [3.8, 4) is 0 Å². The Morgan fingerprint density at radius 3 is 2.74 bits per heavy atom. The van der Waals surface area contributed by atoms with Gasteiger partial charge < -0.3 is 16.0 Å². The second-order valence-electron chi connectivity index (χ2n) is 5.46. The largest absolute Gasteiger partial charge is 0.399 e. The van der Waals surface area contributed by atoms with Crippen molar-refractivity contribution < 1.29 is 9.18 Å². The van der Waals surface area contributed by atoms with Gasteiger partial charge in [0.25, 0.3) is 5.91 Å². The summed E-state index contributed by atoms with van der Waals surface area (Å²) >= 11 is 0. The van der Waals surface area contributed by atoms with E-state index < -0.39 is 5.82 Å². The average molecular weight is 263 g/mol. The van der Waals surface area contributed by atoms with Gasteiger partial charge in [0.2, 0.25) is 0 Å². The van der Waals surface area contributed by atoms with Crippen LogP contribution >= 0.6 is 0 Å². The second kappa shape index (κ2) is 4.81. The van der Waals surface area contributed by atoms with Crippen LogP contribution in [0.1, 0.15) is 23.2 Å². The molecule has 5 heteroatoms. The van der Waals surface area contributed by atoms with E-state index in [4.69, 9.17) is 5.73 Å². The number of rotatable bonds is 2. The molecule has 1 aromatic rings. The Hall–Kier alpha value is -1.62. The first-order valence-electron chi connectivity index (χ1n) is 6.72. The van der Waals surface area contributed by atoms with Crippen LogP contribution < -0.4 is 11.1 Å². The lowest BCUT2D eigenvalue weighted by molar-refractivity contribution is 0.0618. The van der Waals surface area contributed by atoms with Gasteiger partial charge in [-0.05, 0) is 50.0 Å². The normalized spacial score (nSPS) is 29.2. The number of fused-ring (bicyclic) bond motifs is 3. The smallest absolute Gasteiger partial charge is 0.254 e. The van der Waals surface area contributed by atoms with Crippen molar-refractivity contribution in [2.75, 3.05) is 25.4 Å². The molecule has 2 bridgehead atoms. The average Bonchev–Trinajstić information content (AvgIpc) is 2.43. The molecule has 0 aliphatic carbocycles. The lowest BCUT2D eigenvalue weighted by Gasteiger charge is -2.44. The summed E-state index contributed by atoms with van der Waals surface area (Å²) < 4.78 is 13.6. The van der Waals surface area contributed by atoms with E-state index in [9.17, 15) is 9.18 Å². The number of amides is 1. The quantitative estimate of drug-likeness (QED) is 0.789. The van der Waals surface area contributed by atoms with Crippen LogP contribution in [0.3, 0.4) is 0 Å². The fourth-order valence-electron chi connectivity index (χ4n) is 3.09. The van der Waals surface area contributed by atoms with Gasteiger partial charge in [0.05, 0.1) is 5.56 Å². The number of carbonyl (C=O) groups excluding carboxylic acids is 1. The molecule has 102 valence electrons. The monoisotopic (exact) mass is 263 g/mol. The molecule has 3 fully saturated rings. The van der Waals surface area contributed by atoms with Crippen LogP contribution in [0.15, 0.2) is 18.2 Å². The molecular weight excluding hydrogens is 245 g/mol. The van der Waals surface area contributed by atoms with Gasteiger partial charge in [-0.3, -0.25) is 4.79 Å². The van der Waals surface area contributed by atoms with Gasteiger partial charge in [-0.1, -0.05) is 0 Å². The molecule has 0 aromatic heterocycles. The number of hydrogen-bond donors (Lipinski definition) is 2. The number of nitrogens with one attached hydrogen (secondary N) is 1. The Bertz CT molecular complexity index is 497. The SMILES string of the molecule is Nc1ccc(F)c(C(=O)NC2CN3CCC2CC3)c1. The summed E-state index contributed by atoms with van der Waals surface area (Å²) in [5.74, 6) is -0.352. The molecule has 1 atom stereocenters. The number of nitrogens with zero attached hydrogens (tertiary/aromatic N) is 1. The lowest BCUT2D eigenvalue weighted by Crippen LogP contribution is -2.57. The van der Waals surface area contributed by atoms with Gasteiger partial charge in [0, 0.05) is 18.3 Å². The van der Waals surface area contributed by atoms with Crippen LogP contribution in [0.25, 0.3) is 0 Å². The van der Waals surface area contributed by atoms with Gasteiger partial charge in [-0.2, -0.15) is 0 Å². The van der Waals surface area contributed by atoms with Crippen molar-refractivity contribution in [3.05, 3.63) is 29.6 Å². The fraction of sp³-hybridized carbons (Fsp3) is 0.500. The van der Waals surface area contributed by atoms with E-state index in [0.29, 0.717) is 11.6 Å². The Morgan fingerprint density at radius 1 is 1.37 bits per heavy atom. The van der Waals surface area contributed by atoms with E-state index >= 15 is 0 Å². The number of piperidine rings is 3. The zero-order valence-corrected chi connectivity index (χ0v) is 10.7. The number of nitrogens with two attached hydrogens (primary N) is 1. The standard InChI is InChI=1S/C14H18FN3O/c15-12-2-1-10(16)7-11(12)14(19)17-13-8-18-5-3-9(13)4-6-18/h1-2,7,9,13H,3-6,8,16H2,(H,17,19). The molecule has 19 heavy (non-hydrogen) atoms. The third-order valence-corrected chi connectivity index (χ3v) is 4.21. The Kier molecular flexibility index (Phi) is 3.14. The van der Waals surface area contributed by atoms with Crippen LogP contribution in [0.2, 0.25) is 0 Å². The van der Waals surface area contributed by atoms with Crippen molar-refractivity contribution in [2.24, 2.45) is 5.92 Å². The summed E-state index contributed by atoms with van der Waals surface area (Å²) in [5.41, 5.74) is 6.05. The highest BCUT2D eigenvalue weighted by Crippen LogP contribution is 2.27. The van der Waals surface area contributed by atoms with Crippen LogP contribution in [0.4, 0.5) is 10.1 Å². The first kappa shape index (κ1) is 12.4. The molecule has 1 aromatic carbocycles. The van der Waals surface area contributed by atoms with E-state index in [-0.39, 0.29) is 17.5 Å². The van der Waals surface area contributed by atoms with Crippen molar-refractivity contribution in [2.45, 2.75) is 18.9 Å². The summed E-state index contributed by atoms with van der Waals surface area (Å²) in [6, 6.07) is 4.23. The topological polar surface area (TPSA) is 58.4 Å². The summed E-state index contributed by atoms with van der Waals surface area (Å²) in [4.78, 5) is 14.5. The summed E-state index contributed by atoms with van der Waals surface area (Å²) in [7, 11) is 0. The lowest BCUT2D eigenvalue weighted by atomic mass is 9.84. The van der Waals surface area contributed by atoms with E-state index in [1.54, 1.807) is 0 Å². The minimum absolute atomic E-state index is 0.0384. The minimum Gasteiger partial charge on any atom is -0.399 e. The summed E-state index contributed by atoms with van der Waals surface area (Å²) in [6.07, 6.45) is 2.23. The van der Waals surface area contributed by atoms with Crippen molar-refractivity contribution in [3.63, 3.8) is 0 Å². The third-order valence-electron chi connectivity index (χ3n) is 4.21. The molecule has 3 heterocycles. The predicted molar refractivity (Wildman–Crippen MR) is 71.2 cm³/mol. The highest BCUT2D eigenvalue weighted by Gasteiger charge is 2.35. The molecule has 3 aliphatic rings. The van der Waals surface area contributed by atoms with Crippen LogP contribution in [0.5, 0.6) is 0 Å². The number of benzene rings is 1. The molecule has 4 rings (SSSR count). The van der Waals surface area contributed by atoms with Gasteiger partial charge in [0.1, 0.15) is 5.82 Å². The summed E-state index contributed by atoms with van der Waals surface area (Å²) in [5, 5.41) is 2.96. The predicted octanol–water partition coefficient (Wildman–Crippen LogP) is 1.23. The molecule has 1 amide bonds. The van der Waals surface area contributed by atoms with Crippen LogP contribution in [0, 0.1) is 11.7 Å². The molecule has 1 unspecified atom stereocenters. The molecule has 4 nitrogen and oxygen atoms in total. The van der Waals surface area contributed by atoms with Crippen LogP contribution in [-0.4, -0.2) is 36.5 Å². The van der Waals surface area contributed by atoms with Crippen molar-refractivity contribution in [1.82, 2.24) is 10.2 Å². The molecule has 3 N–H and O–H groups in total. The van der Waals surface area contributed by atoms with Gasteiger partial charge in [-0.25, -0.2) is 4.39 Å². The first-order valence-corrected chi connectivity index (χ1v) is 6.72. The molecule has 0 saturated carbocycles. The van der Waals surface area contributed by atoms with Gasteiger partial charge in [0.15, 0.2) is 0 Å². The molecule has 3 aliphatic heterocycles. The molecule has 3 saturated heterocycles. The maximum Gasteiger partial charge on any atom is 0.254 e. The summed E-state index contributed by atoms with van der Waals surface area (Å²) in [6.45, 7) is 3.10. The number of hydrogen-bond acceptors (Lipinski definition) is 3. The zero-order chi connectivity index (χ0) is 13.4. The van der Waals surface area contributed by atoms with E-state index in [1.165, 1.54) is 18.2 Å². The molecular formula is C14H18FN3O.